The fourth-order valence-corrected chi connectivity index (χ4v) is 3.63. The first-order chi connectivity index (χ1) is 13.8. The van der Waals surface area contributed by atoms with Crippen LogP contribution in [0.5, 0.6) is 17.2 Å². The summed E-state index contributed by atoms with van der Waals surface area (Å²) < 4.78 is 30.6. The van der Waals surface area contributed by atoms with E-state index in [1.807, 2.05) is 42.5 Å². The molecule has 2 aromatic rings. The van der Waals surface area contributed by atoms with Crippen molar-refractivity contribution in [3.63, 3.8) is 0 Å². The van der Waals surface area contributed by atoms with Crippen LogP contribution in [0, 0.1) is 0 Å². The first-order valence-electron chi connectivity index (χ1n) is 9.70. The number of halogens is 1. The van der Waals surface area contributed by atoms with E-state index in [1.54, 1.807) is 14.2 Å². The van der Waals surface area contributed by atoms with Gasteiger partial charge in [-0.15, -0.1) is 0 Å². The minimum Gasteiger partial charge on any atom is -0.493 e. The molecule has 1 fully saturated rings. The van der Waals surface area contributed by atoms with Crippen LogP contribution in [-0.4, -0.2) is 52.0 Å². The zero-order valence-corrected chi connectivity index (χ0v) is 16.6. The fraction of sp³-hybridized carbons (Fsp3) is 0.455. The van der Waals surface area contributed by atoms with E-state index in [4.69, 9.17) is 14.2 Å². The lowest BCUT2D eigenvalue weighted by molar-refractivity contribution is 0.152. The van der Waals surface area contributed by atoms with Crippen molar-refractivity contribution >= 4 is 0 Å². The number of alkyl halides is 1. The van der Waals surface area contributed by atoms with Crippen molar-refractivity contribution in [2.45, 2.75) is 19.1 Å². The van der Waals surface area contributed by atoms with Gasteiger partial charge in [-0.3, -0.25) is 9.29 Å². The van der Waals surface area contributed by atoms with Crippen LogP contribution in [0.15, 0.2) is 42.5 Å². The topological polar surface area (TPSA) is 43.0 Å². The average molecular weight is 388 g/mol. The van der Waals surface area contributed by atoms with Crippen molar-refractivity contribution in [3.8, 4) is 17.2 Å². The summed E-state index contributed by atoms with van der Waals surface area (Å²) in [6.07, 6.45) is 0.414. The van der Waals surface area contributed by atoms with Crippen LogP contribution in [0.4, 0.5) is 4.39 Å². The molecular weight excluding hydrogens is 359 g/mol. The Bertz CT molecular complexity index is 736. The summed E-state index contributed by atoms with van der Waals surface area (Å²) in [6, 6.07) is 13.7. The van der Waals surface area contributed by atoms with Crippen LogP contribution in [0.2, 0.25) is 0 Å². The Morgan fingerprint density at radius 1 is 1.00 bits per heavy atom. The highest BCUT2D eigenvalue weighted by molar-refractivity contribution is 5.52. The maximum Gasteiger partial charge on any atom is 0.164 e. The summed E-state index contributed by atoms with van der Waals surface area (Å²) >= 11 is 0. The number of hydrogen-bond acceptors (Lipinski definition) is 5. The molecule has 0 amide bonds. The van der Waals surface area contributed by atoms with Crippen LogP contribution in [0.1, 0.15) is 23.6 Å². The van der Waals surface area contributed by atoms with E-state index in [0.717, 1.165) is 37.3 Å². The van der Waals surface area contributed by atoms with E-state index in [1.165, 1.54) is 0 Å². The van der Waals surface area contributed by atoms with Gasteiger partial charge in [-0.05, 0) is 18.1 Å². The number of rotatable bonds is 9. The standard InChI is InChI=1S/C22H29FN2O3/c1-26-21-14-18(19(8-9-23)25-12-10-24-11-13-25)20(15-22(21)27-2)28-16-17-6-4-3-5-7-17/h3-7,14-15,19,24H,8-13,16H2,1-2H3/t19-/m0/s1. The molecule has 0 aliphatic carbocycles. The van der Waals surface area contributed by atoms with Crippen molar-refractivity contribution in [2.75, 3.05) is 47.1 Å². The molecule has 1 heterocycles. The number of ether oxygens (including phenoxy) is 3. The molecule has 1 aliphatic rings. The molecule has 1 saturated heterocycles. The van der Waals surface area contributed by atoms with E-state index in [0.29, 0.717) is 30.3 Å². The lowest BCUT2D eigenvalue weighted by Gasteiger charge is -2.35. The summed E-state index contributed by atoms with van der Waals surface area (Å²) in [5, 5.41) is 3.35. The summed E-state index contributed by atoms with van der Waals surface area (Å²) in [6.45, 7) is 3.59. The maximum absolute atomic E-state index is 13.5. The van der Waals surface area contributed by atoms with E-state index in [2.05, 4.69) is 10.2 Å². The quantitative estimate of drug-likeness (QED) is 0.711. The van der Waals surface area contributed by atoms with Crippen molar-refractivity contribution in [3.05, 3.63) is 53.6 Å². The third kappa shape index (κ3) is 4.94. The monoisotopic (exact) mass is 388 g/mol. The molecule has 2 aromatic carbocycles. The number of nitrogens with one attached hydrogen (secondary N) is 1. The van der Waals surface area contributed by atoms with Crippen molar-refractivity contribution < 1.29 is 18.6 Å². The van der Waals surface area contributed by atoms with Gasteiger partial charge in [0.15, 0.2) is 11.5 Å². The molecule has 3 rings (SSSR count). The van der Waals surface area contributed by atoms with E-state index in [9.17, 15) is 4.39 Å². The van der Waals surface area contributed by atoms with Gasteiger partial charge in [0, 0.05) is 43.9 Å². The predicted octanol–water partition coefficient (Wildman–Crippen LogP) is 3.59. The Morgan fingerprint density at radius 2 is 1.68 bits per heavy atom. The number of benzene rings is 2. The second kappa shape index (κ2) is 10.3. The maximum atomic E-state index is 13.5. The van der Waals surface area contributed by atoms with E-state index in [-0.39, 0.29) is 12.7 Å². The number of hydrogen-bond donors (Lipinski definition) is 1. The molecule has 6 heteroatoms. The number of piperazine rings is 1. The van der Waals surface area contributed by atoms with Gasteiger partial charge in [0.25, 0.3) is 0 Å². The molecule has 0 unspecified atom stereocenters. The Morgan fingerprint density at radius 3 is 2.32 bits per heavy atom. The van der Waals surface area contributed by atoms with Gasteiger partial charge in [0.1, 0.15) is 12.4 Å². The van der Waals surface area contributed by atoms with Gasteiger partial charge in [0.05, 0.1) is 20.9 Å². The Kier molecular flexibility index (Phi) is 7.51. The highest BCUT2D eigenvalue weighted by Gasteiger charge is 2.27. The second-order valence-electron chi connectivity index (χ2n) is 6.80. The van der Waals surface area contributed by atoms with Gasteiger partial charge < -0.3 is 19.5 Å². The molecule has 1 aliphatic heterocycles. The molecule has 152 valence electrons. The lowest BCUT2D eigenvalue weighted by atomic mass is 9.99. The molecule has 5 nitrogen and oxygen atoms in total. The molecule has 0 radical (unpaired) electrons. The van der Waals surface area contributed by atoms with Crippen molar-refractivity contribution in [2.24, 2.45) is 0 Å². The Hall–Kier alpha value is -2.31. The highest BCUT2D eigenvalue weighted by Crippen LogP contribution is 2.41. The molecule has 0 bridgehead atoms. The Balaban J connectivity index is 1.94. The van der Waals surface area contributed by atoms with Crippen LogP contribution in [0.25, 0.3) is 0 Å². The van der Waals surface area contributed by atoms with Crippen LogP contribution < -0.4 is 19.5 Å². The summed E-state index contributed by atoms with van der Waals surface area (Å²) in [4.78, 5) is 2.31. The molecule has 0 spiro atoms. The highest BCUT2D eigenvalue weighted by atomic mass is 19.1. The third-order valence-corrected chi connectivity index (χ3v) is 5.09. The van der Waals surface area contributed by atoms with E-state index >= 15 is 0 Å². The van der Waals surface area contributed by atoms with Crippen LogP contribution in [-0.2, 0) is 6.61 Å². The summed E-state index contributed by atoms with van der Waals surface area (Å²) in [5.74, 6) is 1.94. The SMILES string of the molecule is COc1cc(OCc2ccccc2)c([C@H](CCF)N2CCNCC2)cc1OC. The number of methoxy groups -OCH3 is 2. The molecule has 0 aromatic heterocycles. The lowest BCUT2D eigenvalue weighted by Crippen LogP contribution is -2.45. The first-order valence-corrected chi connectivity index (χ1v) is 9.70. The van der Waals surface area contributed by atoms with Gasteiger partial charge in [-0.2, -0.15) is 0 Å². The van der Waals surface area contributed by atoms with Crippen molar-refractivity contribution in [1.82, 2.24) is 10.2 Å². The van der Waals surface area contributed by atoms with Crippen molar-refractivity contribution in [1.29, 1.82) is 0 Å². The summed E-state index contributed by atoms with van der Waals surface area (Å²) in [7, 11) is 3.22. The third-order valence-electron chi connectivity index (χ3n) is 5.09. The van der Waals surface area contributed by atoms with Crippen LogP contribution >= 0.6 is 0 Å². The largest absolute Gasteiger partial charge is 0.493 e. The molecule has 1 N–H and O–H groups in total. The zero-order valence-electron chi connectivity index (χ0n) is 16.6. The van der Waals surface area contributed by atoms with Gasteiger partial charge >= 0.3 is 0 Å². The molecule has 28 heavy (non-hydrogen) atoms. The zero-order chi connectivity index (χ0) is 19.8. The van der Waals surface area contributed by atoms with Gasteiger partial charge in [0.2, 0.25) is 0 Å². The minimum absolute atomic E-state index is 0.0716. The van der Waals surface area contributed by atoms with E-state index < -0.39 is 0 Å². The fourth-order valence-electron chi connectivity index (χ4n) is 3.63. The van der Waals surface area contributed by atoms with Gasteiger partial charge in [-0.25, -0.2) is 0 Å². The molecule has 1 atom stereocenters. The second-order valence-corrected chi connectivity index (χ2v) is 6.80. The summed E-state index contributed by atoms with van der Waals surface area (Å²) in [5.41, 5.74) is 2.01. The normalized spacial score (nSPS) is 15.8. The Labute approximate surface area is 166 Å². The molecular formula is C22H29FN2O3. The first kappa shape index (κ1) is 20.4. The minimum atomic E-state index is -0.388. The predicted molar refractivity (Wildman–Crippen MR) is 108 cm³/mol. The molecule has 0 saturated carbocycles. The number of nitrogens with zero attached hydrogens (tertiary/aromatic N) is 1. The average Bonchev–Trinajstić information content (AvgIpc) is 2.77. The van der Waals surface area contributed by atoms with Gasteiger partial charge in [-0.1, -0.05) is 30.3 Å². The van der Waals surface area contributed by atoms with Crippen LogP contribution in [0.3, 0.4) is 0 Å². The smallest absolute Gasteiger partial charge is 0.164 e.